The maximum absolute atomic E-state index is 3.73. The van der Waals surface area contributed by atoms with E-state index < -0.39 is 0 Å². The number of hydrogen-bond donors (Lipinski definition) is 1. The molecular formula is C18H19N. The maximum atomic E-state index is 3.73. The summed E-state index contributed by atoms with van der Waals surface area (Å²) in [7, 11) is 0. The van der Waals surface area contributed by atoms with Gasteiger partial charge >= 0.3 is 0 Å². The highest BCUT2D eigenvalue weighted by Crippen LogP contribution is 2.21. The van der Waals surface area contributed by atoms with E-state index in [9.17, 15) is 0 Å². The molecule has 0 saturated heterocycles. The first-order valence-electron chi connectivity index (χ1n) is 6.57. The van der Waals surface area contributed by atoms with Crippen molar-refractivity contribution in [3.8, 4) is 11.1 Å². The summed E-state index contributed by atoms with van der Waals surface area (Å²) in [5.41, 5.74) is 4.75. The van der Waals surface area contributed by atoms with E-state index in [0.717, 1.165) is 12.1 Å². The fourth-order valence-electron chi connectivity index (χ4n) is 1.95. The van der Waals surface area contributed by atoms with Crippen LogP contribution < -0.4 is 5.32 Å². The van der Waals surface area contributed by atoms with Gasteiger partial charge in [0.1, 0.15) is 0 Å². The third kappa shape index (κ3) is 3.59. The summed E-state index contributed by atoms with van der Waals surface area (Å²) in [6, 6.07) is 18.9. The quantitative estimate of drug-likeness (QED) is 0.714. The molecule has 0 atom stereocenters. The van der Waals surface area contributed by atoms with Gasteiger partial charge in [-0.2, -0.15) is 0 Å². The van der Waals surface area contributed by atoms with Crippen LogP contribution in [0.2, 0.25) is 0 Å². The Morgan fingerprint density at radius 3 is 2.21 bits per heavy atom. The molecule has 1 N–H and O–H groups in total. The normalized spacial score (nSPS) is 11.1. The summed E-state index contributed by atoms with van der Waals surface area (Å²) in [4.78, 5) is 0. The van der Waals surface area contributed by atoms with Crippen molar-refractivity contribution in [2.75, 3.05) is 5.32 Å². The minimum atomic E-state index is 0.965. The summed E-state index contributed by atoms with van der Waals surface area (Å²) in [6.07, 6.45) is 4.78. The Balaban J connectivity index is 2.15. The molecule has 0 amide bonds. The Morgan fingerprint density at radius 2 is 1.63 bits per heavy atom. The van der Waals surface area contributed by atoms with Crippen LogP contribution in [0.3, 0.4) is 0 Å². The molecule has 1 nitrogen and oxygen atoms in total. The Hall–Kier alpha value is -2.28. The lowest BCUT2D eigenvalue weighted by Gasteiger charge is -2.09. The van der Waals surface area contributed by atoms with Gasteiger partial charge in [-0.3, -0.25) is 0 Å². The number of hydrogen-bond acceptors (Lipinski definition) is 1. The number of nitrogens with one attached hydrogen (secondary N) is 1. The van der Waals surface area contributed by atoms with Crippen LogP contribution in [0.25, 0.3) is 11.1 Å². The van der Waals surface area contributed by atoms with Crippen LogP contribution >= 0.6 is 0 Å². The molecule has 0 bridgehead atoms. The average Bonchev–Trinajstić information content (AvgIpc) is 2.48. The van der Waals surface area contributed by atoms with E-state index in [2.05, 4.69) is 67.4 Å². The van der Waals surface area contributed by atoms with E-state index in [1.165, 1.54) is 16.8 Å². The maximum Gasteiger partial charge on any atom is 0.0382 e. The standard InChI is InChI=1S/C18H19N/c1-3-8-17(4-2)19-18-13-11-16(12-14-18)15-9-6-5-7-10-15/h3,5-14,19H,1,4H2,2H3/b17-8+. The van der Waals surface area contributed by atoms with Crippen molar-refractivity contribution in [3.05, 3.63) is 79.0 Å². The molecule has 2 aromatic carbocycles. The Bertz CT molecular complexity index is 550. The van der Waals surface area contributed by atoms with Crippen LogP contribution in [0.15, 0.2) is 79.0 Å². The van der Waals surface area contributed by atoms with Crippen LogP contribution in [0, 0.1) is 0 Å². The number of anilines is 1. The third-order valence-electron chi connectivity index (χ3n) is 3.00. The zero-order valence-corrected chi connectivity index (χ0v) is 11.3. The second kappa shape index (κ2) is 6.60. The molecule has 96 valence electrons. The Morgan fingerprint density at radius 1 is 1.00 bits per heavy atom. The molecule has 0 aliphatic rings. The van der Waals surface area contributed by atoms with Gasteiger partial charge in [-0.1, -0.05) is 62.0 Å². The van der Waals surface area contributed by atoms with Gasteiger partial charge in [0.2, 0.25) is 0 Å². The van der Waals surface area contributed by atoms with E-state index in [-0.39, 0.29) is 0 Å². The summed E-state index contributed by atoms with van der Waals surface area (Å²) < 4.78 is 0. The third-order valence-corrected chi connectivity index (χ3v) is 3.00. The largest absolute Gasteiger partial charge is 0.359 e. The van der Waals surface area contributed by atoms with E-state index in [1.807, 2.05) is 18.2 Å². The fraction of sp³-hybridized carbons (Fsp3) is 0.111. The highest BCUT2D eigenvalue weighted by molar-refractivity contribution is 5.66. The van der Waals surface area contributed by atoms with Crippen LogP contribution in [0.5, 0.6) is 0 Å². The SMILES string of the molecule is C=C/C=C(\CC)Nc1ccc(-c2ccccc2)cc1. The molecule has 0 heterocycles. The van der Waals surface area contributed by atoms with Crippen LogP contribution in [0.1, 0.15) is 13.3 Å². The lowest BCUT2D eigenvalue weighted by molar-refractivity contribution is 1.11. The smallest absolute Gasteiger partial charge is 0.0382 e. The highest BCUT2D eigenvalue weighted by atomic mass is 14.9. The van der Waals surface area contributed by atoms with Gasteiger partial charge in [0.15, 0.2) is 0 Å². The van der Waals surface area contributed by atoms with E-state index in [1.54, 1.807) is 0 Å². The minimum Gasteiger partial charge on any atom is -0.359 e. The molecule has 1 heteroatoms. The van der Waals surface area contributed by atoms with Crippen molar-refractivity contribution in [3.63, 3.8) is 0 Å². The number of rotatable bonds is 5. The van der Waals surface area contributed by atoms with Crippen molar-refractivity contribution in [1.29, 1.82) is 0 Å². The fourth-order valence-corrected chi connectivity index (χ4v) is 1.95. The molecule has 19 heavy (non-hydrogen) atoms. The molecule has 2 rings (SSSR count). The molecule has 2 aromatic rings. The molecule has 0 saturated carbocycles. The Kier molecular flexibility index (Phi) is 4.57. The average molecular weight is 249 g/mol. The van der Waals surface area contributed by atoms with Crippen molar-refractivity contribution >= 4 is 5.69 Å². The van der Waals surface area contributed by atoms with Crippen molar-refractivity contribution in [2.24, 2.45) is 0 Å². The lowest BCUT2D eigenvalue weighted by Crippen LogP contribution is -1.97. The van der Waals surface area contributed by atoms with E-state index in [0.29, 0.717) is 0 Å². The first-order valence-corrected chi connectivity index (χ1v) is 6.57. The summed E-state index contributed by atoms with van der Waals surface area (Å²) in [6.45, 7) is 5.85. The predicted octanol–water partition coefficient (Wildman–Crippen LogP) is 5.25. The van der Waals surface area contributed by atoms with Crippen molar-refractivity contribution in [1.82, 2.24) is 0 Å². The second-order valence-electron chi connectivity index (χ2n) is 4.35. The van der Waals surface area contributed by atoms with Gasteiger partial charge in [-0.15, -0.1) is 0 Å². The first-order chi connectivity index (χ1) is 9.33. The molecule has 0 radical (unpaired) electrons. The molecule has 0 aromatic heterocycles. The second-order valence-corrected chi connectivity index (χ2v) is 4.35. The molecule has 0 spiro atoms. The van der Waals surface area contributed by atoms with Crippen LogP contribution in [-0.4, -0.2) is 0 Å². The van der Waals surface area contributed by atoms with Crippen molar-refractivity contribution < 1.29 is 0 Å². The first kappa shape index (κ1) is 13.2. The van der Waals surface area contributed by atoms with Crippen molar-refractivity contribution in [2.45, 2.75) is 13.3 Å². The van der Waals surface area contributed by atoms with Gasteiger partial charge < -0.3 is 5.32 Å². The number of benzene rings is 2. The summed E-state index contributed by atoms with van der Waals surface area (Å²) >= 11 is 0. The molecule has 0 fully saturated rings. The number of allylic oxidation sites excluding steroid dienone is 3. The highest BCUT2D eigenvalue weighted by Gasteiger charge is 1.98. The van der Waals surface area contributed by atoms with Gasteiger partial charge in [0, 0.05) is 11.4 Å². The van der Waals surface area contributed by atoms with E-state index in [4.69, 9.17) is 0 Å². The van der Waals surface area contributed by atoms with Crippen LogP contribution in [0.4, 0.5) is 5.69 Å². The van der Waals surface area contributed by atoms with Gasteiger partial charge in [-0.05, 0) is 35.8 Å². The summed E-state index contributed by atoms with van der Waals surface area (Å²) in [5.74, 6) is 0. The molecule has 0 unspecified atom stereocenters. The van der Waals surface area contributed by atoms with Gasteiger partial charge in [0.05, 0.1) is 0 Å². The van der Waals surface area contributed by atoms with Gasteiger partial charge in [-0.25, -0.2) is 0 Å². The minimum absolute atomic E-state index is 0.965. The molecule has 0 aliphatic heterocycles. The van der Waals surface area contributed by atoms with Gasteiger partial charge in [0.25, 0.3) is 0 Å². The zero-order chi connectivity index (χ0) is 13.5. The molecular weight excluding hydrogens is 230 g/mol. The van der Waals surface area contributed by atoms with E-state index >= 15 is 0 Å². The predicted molar refractivity (Wildman–Crippen MR) is 84.1 cm³/mol. The topological polar surface area (TPSA) is 12.0 Å². The molecule has 0 aliphatic carbocycles. The lowest BCUT2D eigenvalue weighted by atomic mass is 10.1. The zero-order valence-electron chi connectivity index (χ0n) is 11.3. The monoisotopic (exact) mass is 249 g/mol. The Labute approximate surface area is 115 Å². The van der Waals surface area contributed by atoms with Crippen LogP contribution in [-0.2, 0) is 0 Å². The summed E-state index contributed by atoms with van der Waals surface area (Å²) in [5, 5.41) is 3.40.